The van der Waals surface area contributed by atoms with Gasteiger partial charge in [0.15, 0.2) is 5.96 Å². The number of nitrogens with one attached hydrogen (secondary N) is 1. The van der Waals surface area contributed by atoms with E-state index in [2.05, 4.69) is 4.74 Å². The Labute approximate surface area is 86.7 Å². The average molecular weight is 239 g/mol. The zero-order valence-corrected chi connectivity index (χ0v) is 9.27. The molecule has 0 bridgehead atoms. The van der Waals surface area contributed by atoms with Crippen molar-refractivity contribution in [3.05, 3.63) is 0 Å². The standard InChI is InChI=1S/C6H14N3O5P/c1-3-14-5(10)4(15(11,12)13)9(2)6(7)8/h4H,3H2,1-2H3,(H3,7,8)(H2,11,12,13). The molecule has 1 unspecified atom stereocenters. The molecule has 8 nitrogen and oxygen atoms in total. The van der Waals surface area contributed by atoms with Crippen LogP contribution in [0.1, 0.15) is 6.92 Å². The number of nitrogens with zero attached hydrogens (tertiary/aromatic N) is 1. The number of hydrogen-bond donors (Lipinski definition) is 4. The predicted molar refractivity (Wildman–Crippen MR) is 52.1 cm³/mol. The van der Waals surface area contributed by atoms with Crippen LogP contribution in [0.25, 0.3) is 0 Å². The lowest BCUT2D eigenvalue weighted by Crippen LogP contribution is -2.46. The molecule has 0 radical (unpaired) electrons. The third-order valence-corrected chi connectivity index (χ3v) is 2.76. The smallest absolute Gasteiger partial charge is 0.359 e. The summed E-state index contributed by atoms with van der Waals surface area (Å²) in [6.45, 7) is 1.49. The highest BCUT2D eigenvalue weighted by atomic mass is 31.2. The Morgan fingerprint density at radius 1 is 1.67 bits per heavy atom. The van der Waals surface area contributed by atoms with Gasteiger partial charge in [0, 0.05) is 7.05 Å². The number of guanidine groups is 1. The van der Waals surface area contributed by atoms with Gasteiger partial charge in [-0.2, -0.15) is 0 Å². The highest BCUT2D eigenvalue weighted by Gasteiger charge is 2.41. The molecular formula is C6H14N3O5P. The Hall–Kier alpha value is -1.11. The molecular weight excluding hydrogens is 225 g/mol. The van der Waals surface area contributed by atoms with Crippen LogP contribution in [0.5, 0.6) is 0 Å². The van der Waals surface area contributed by atoms with E-state index in [0.29, 0.717) is 4.90 Å². The van der Waals surface area contributed by atoms with Gasteiger partial charge in [0.2, 0.25) is 5.78 Å². The van der Waals surface area contributed by atoms with Crippen molar-refractivity contribution in [3.63, 3.8) is 0 Å². The number of nitrogens with two attached hydrogens (primary N) is 1. The first-order valence-corrected chi connectivity index (χ1v) is 5.68. The first-order valence-electron chi connectivity index (χ1n) is 4.00. The minimum atomic E-state index is -4.74. The summed E-state index contributed by atoms with van der Waals surface area (Å²) in [4.78, 5) is 29.7. The predicted octanol–water partition coefficient (Wildman–Crippen LogP) is -1.12. The zero-order chi connectivity index (χ0) is 12.2. The summed E-state index contributed by atoms with van der Waals surface area (Å²) in [5.41, 5.74) is 5.03. The summed E-state index contributed by atoms with van der Waals surface area (Å²) in [6, 6.07) is 0. The van der Waals surface area contributed by atoms with Crippen molar-refractivity contribution in [3.8, 4) is 0 Å². The van der Waals surface area contributed by atoms with E-state index in [-0.39, 0.29) is 6.61 Å². The van der Waals surface area contributed by atoms with Crippen LogP contribution in [-0.2, 0) is 14.1 Å². The number of likely N-dealkylation sites (N-methyl/N-ethyl adjacent to an activating group) is 1. The van der Waals surface area contributed by atoms with Crippen molar-refractivity contribution < 1.29 is 23.9 Å². The van der Waals surface area contributed by atoms with Gasteiger partial charge in [0.05, 0.1) is 6.61 Å². The van der Waals surface area contributed by atoms with Crippen LogP contribution in [0.3, 0.4) is 0 Å². The lowest BCUT2D eigenvalue weighted by atomic mass is 10.5. The van der Waals surface area contributed by atoms with Crippen LogP contribution < -0.4 is 5.73 Å². The van der Waals surface area contributed by atoms with Gasteiger partial charge >= 0.3 is 13.6 Å². The molecule has 0 aromatic heterocycles. The van der Waals surface area contributed by atoms with Crippen molar-refractivity contribution in [2.45, 2.75) is 12.7 Å². The highest BCUT2D eigenvalue weighted by Crippen LogP contribution is 2.42. The van der Waals surface area contributed by atoms with Gasteiger partial charge in [0.25, 0.3) is 0 Å². The van der Waals surface area contributed by atoms with Crippen molar-refractivity contribution in [1.82, 2.24) is 4.90 Å². The molecule has 0 aliphatic carbocycles. The second-order valence-corrected chi connectivity index (χ2v) is 4.38. The summed E-state index contributed by atoms with van der Waals surface area (Å²) in [6.07, 6.45) is 0. The molecule has 5 N–H and O–H groups in total. The molecule has 0 spiro atoms. The summed E-state index contributed by atoms with van der Waals surface area (Å²) in [7, 11) is -3.61. The van der Waals surface area contributed by atoms with E-state index in [1.165, 1.54) is 6.92 Å². The van der Waals surface area contributed by atoms with E-state index in [1.54, 1.807) is 0 Å². The van der Waals surface area contributed by atoms with Crippen LogP contribution in [-0.4, -0.2) is 46.1 Å². The normalized spacial score (nSPS) is 13.1. The Morgan fingerprint density at radius 3 is 2.40 bits per heavy atom. The molecule has 0 fully saturated rings. The van der Waals surface area contributed by atoms with Crippen molar-refractivity contribution in [2.75, 3.05) is 13.7 Å². The zero-order valence-electron chi connectivity index (χ0n) is 8.38. The fourth-order valence-corrected chi connectivity index (χ4v) is 1.79. The Bertz CT molecular complexity index is 301. The van der Waals surface area contributed by atoms with Crippen LogP contribution in [0.4, 0.5) is 0 Å². The first kappa shape index (κ1) is 13.9. The number of esters is 1. The van der Waals surface area contributed by atoms with Gasteiger partial charge in [-0.05, 0) is 6.92 Å². The molecule has 15 heavy (non-hydrogen) atoms. The first-order chi connectivity index (χ1) is 6.71. The van der Waals surface area contributed by atoms with E-state index in [1.807, 2.05) is 0 Å². The number of ether oxygens (including phenoxy) is 1. The largest absolute Gasteiger partial charge is 0.464 e. The molecule has 0 amide bonds. The molecule has 88 valence electrons. The summed E-state index contributed by atoms with van der Waals surface area (Å²) in [5.74, 6) is -3.60. The average Bonchev–Trinajstić information content (AvgIpc) is 2.01. The molecule has 0 saturated carbocycles. The van der Waals surface area contributed by atoms with Gasteiger partial charge < -0.3 is 25.2 Å². The van der Waals surface area contributed by atoms with Crippen molar-refractivity contribution >= 4 is 19.5 Å². The summed E-state index contributed by atoms with van der Waals surface area (Å²) >= 11 is 0. The lowest BCUT2D eigenvalue weighted by Gasteiger charge is -2.26. The van der Waals surface area contributed by atoms with E-state index in [0.717, 1.165) is 7.05 Å². The molecule has 0 aromatic carbocycles. The van der Waals surface area contributed by atoms with Crippen LogP contribution in [0.15, 0.2) is 0 Å². The van der Waals surface area contributed by atoms with Gasteiger partial charge in [-0.3, -0.25) is 9.97 Å². The van der Waals surface area contributed by atoms with Gasteiger partial charge in [-0.1, -0.05) is 0 Å². The van der Waals surface area contributed by atoms with Gasteiger partial charge in [0.1, 0.15) is 0 Å². The molecule has 0 rings (SSSR count). The number of carbonyl (C=O) groups excluding carboxylic acids is 1. The van der Waals surface area contributed by atoms with Gasteiger partial charge in [-0.25, -0.2) is 4.79 Å². The lowest BCUT2D eigenvalue weighted by molar-refractivity contribution is -0.145. The Morgan fingerprint density at radius 2 is 2.13 bits per heavy atom. The second-order valence-electron chi connectivity index (χ2n) is 2.71. The minimum Gasteiger partial charge on any atom is -0.464 e. The van der Waals surface area contributed by atoms with Gasteiger partial charge in [-0.15, -0.1) is 0 Å². The molecule has 9 heteroatoms. The summed E-state index contributed by atoms with van der Waals surface area (Å²) in [5, 5.41) is 6.99. The molecule has 0 aliphatic heterocycles. The fraction of sp³-hybridized carbons (Fsp3) is 0.667. The fourth-order valence-electron chi connectivity index (χ4n) is 0.870. The summed E-state index contributed by atoms with van der Waals surface area (Å²) < 4.78 is 15.5. The Kier molecular flexibility index (Phi) is 4.73. The van der Waals surface area contributed by atoms with Crippen LogP contribution in [0.2, 0.25) is 0 Å². The SMILES string of the molecule is CCOC(=O)C(N(C)C(=N)N)P(=O)(O)O. The monoisotopic (exact) mass is 239 g/mol. The third-order valence-electron chi connectivity index (χ3n) is 1.56. The van der Waals surface area contributed by atoms with Crippen molar-refractivity contribution in [1.29, 1.82) is 5.41 Å². The maximum absolute atomic E-state index is 11.2. The van der Waals surface area contributed by atoms with Crippen LogP contribution >= 0.6 is 7.60 Å². The second kappa shape index (κ2) is 5.11. The van der Waals surface area contributed by atoms with E-state index in [9.17, 15) is 9.36 Å². The maximum atomic E-state index is 11.2. The Balaban J connectivity index is 4.99. The highest BCUT2D eigenvalue weighted by molar-refractivity contribution is 7.53. The quantitative estimate of drug-likeness (QED) is 0.211. The van der Waals surface area contributed by atoms with Crippen molar-refractivity contribution in [2.24, 2.45) is 5.73 Å². The maximum Gasteiger partial charge on any atom is 0.359 e. The number of rotatable bonds is 4. The van der Waals surface area contributed by atoms with Crippen LogP contribution in [0, 0.1) is 5.41 Å². The third kappa shape index (κ3) is 3.86. The minimum absolute atomic E-state index is 0.0128. The van der Waals surface area contributed by atoms with E-state index in [4.69, 9.17) is 20.9 Å². The molecule has 1 atom stereocenters. The number of hydrogen-bond acceptors (Lipinski definition) is 4. The molecule has 0 aliphatic rings. The molecule has 0 heterocycles. The number of carbonyl (C=O) groups is 1. The molecule has 0 aromatic rings. The topological polar surface area (TPSA) is 137 Å². The van der Waals surface area contributed by atoms with E-state index < -0.39 is 25.3 Å². The molecule has 0 saturated heterocycles. The van der Waals surface area contributed by atoms with E-state index >= 15 is 0 Å².